The molecule has 0 bridgehead atoms. The standard InChI is InChI=1S/C35H63NO6/c1-34(2,3)29(25-28-33(40)42-36-30(37)26-27-31(36)38)23-21-19-17-15-13-11-9-7-8-10-12-14-16-18-20-22-24-32(39)41-35(4,5)6/h29H,7-28H2,1-6H3. The van der Waals surface area contributed by atoms with E-state index < -0.39 is 17.8 Å². The number of hydrogen-bond acceptors (Lipinski definition) is 6. The van der Waals surface area contributed by atoms with Crippen LogP contribution in [0.4, 0.5) is 0 Å². The van der Waals surface area contributed by atoms with Gasteiger partial charge in [-0.3, -0.25) is 14.4 Å². The number of esters is 1. The summed E-state index contributed by atoms with van der Waals surface area (Å²) < 4.78 is 5.35. The third-order valence-electron chi connectivity index (χ3n) is 8.22. The molecule has 1 atom stereocenters. The molecular formula is C35H63NO6. The molecule has 42 heavy (non-hydrogen) atoms. The molecule has 0 aromatic rings. The molecule has 0 spiro atoms. The molecule has 7 nitrogen and oxygen atoms in total. The Morgan fingerprint density at radius 3 is 1.40 bits per heavy atom. The normalized spacial score (nSPS) is 14.9. The topological polar surface area (TPSA) is 90.0 Å². The van der Waals surface area contributed by atoms with Crippen molar-refractivity contribution in [1.82, 2.24) is 5.06 Å². The smallest absolute Gasteiger partial charge is 0.333 e. The van der Waals surface area contributed by atoms with Crippen LogP contribution in [-0.4, -0.2) is 34.4 Å². The number of imide groups is 1. The van der Waals surface area contributed by atoms with Crippen LogP contribution in [0.2, 0.25) is 0 Å². The van der Waals surface area contributed by atoms with Gasteiger partial charge in [0.25, 0.3) is 11.8 Å². The van der Waals surface area contributed by atoms with Gasteiger partial charge in [0.1, 0.15) is 5.60 Å². The van der Waals surface area contributed by atoms with Crippen LogP contribution in [-0.2, 0) is 28.8 Å². The fourth-order valence-corrected chi connectivity index (χ4v) is 5.64. The van der Waals surface area contributed by atoms with E-state index in [9.17, 15) is 19.2 Å². The van der Waals surface area contributed by atoms with Crippen LogP contribution in [0.15, 0.2) is 0 Å². The second kappa shape index (κ2) is 20.9. The first-order valence-electron chi connectivity index (χ1n) is 17.1. The molecule has 1 saturated heterocycles. The number of unbranched alkanes of at least 4 members (excludes halogenated alkanes) is 15. The average Bonchev–Trinajstić information content (AvgIpc) is 3.19. The highest BCUT2D eigenvalue weighted by atomic mass is 16.7. The summed E-state index contributed by atoms with van der Waals surface area (Å²) in [5, 5.41) is 0.650. The van der Waals surface area contributed by atoms with Gasteiger partial charge in [0.15, 0.2) is 0 Å². The van der Waals surface area contributed by atoms with Crippen molar-refractivity contribution in [2.75, 3.05) is 0 Å². The summed E-state index contributed by atoms with van der Waals surface area (Å²) in [4.78, 5) is 52.3. The summed E-state index contributed by atoms with van der Waals surface area (Å²) >= 11 is 0. The van der Waals surface area contributed by atoms with E-state index in [0.717, 1.165) is 19.3 Å². The van der Waals surface area contributed by atoms with E-state index in [1.165, 1.54) is 89.9 Å². The zero-order valence-corrected chi connectivity index (χ0v) is 28.0. The first-order chi connectivity index (χ1) is 19.8. The van der Waals surface area contributed by atoms with E-state index in [4.69, 9.17) is 9.57 Å². The average molecular weight is 594 g/mol. The molecule has 0 aliphatic carbocycles. The fraction of sp³-hybridized carbons (Fsp3) is 0.886. The number of nitrogens with zero attached hydrogens (tertiary/aromatic N) is 1. The molecule has 0 N–H and O–H groups in total. The Balaban J connectivity index is 1.94. The highest BCUT2D eigenvalue weighted by Crippen LogP contribution is 2.34. The Hall–Kier alpha value is -1.92. The Morgan fingerprint density at radius 1 is 0.595 bits per heavy atom. The van der Waals surface area contributed by atoms with Crippen LogP contribution in [0, 0.1) is 11.3 Å². The van der Waals surface area contributed by atoms with Crippen molar-refractivity contribution in [1.29, 1.82) is 0 Å². The summed E-state index contributed by atoms with van der Waals surface area (Å²) in [7, 11) is 0. The number of ether oxygens (including phenoxy) is 1. The van der Waals surface area contributed by atoms with Gasteiger partial charge in [0.2, 0.25) is 0 Å². The SMILES string of the molecule is CC(C)(C)OC(=O)CCCCCCCCCCCCCCCCCCC(CCC(=O)ON1C(=O)CCC1=O)C(C)(C)C. The predicted octanol–water partition coefficient (Wildman–Crippen LogP) is 9.40. The van der Waals surface area contributed by atoms with Gasteiger partial charge in [-0.15, -0.1) is 5.06 Å². The van der Waals surface area contributed by atoms with Crippen molar-refractivity contribution in [3.63, 3.8) is 0 Å². The number of amides is 2. The van der Waals surface area contributed by atoms with Gasteiger partial charge in [0.05, 0.1) is 0 Å². The highest BCUT2D eigenvalue weighted by molar-refractivity contribution is 6.01. The van der Waals surface area contributed by atoms with E-state index >= 15 is 0 Å². The molecule has 1 unspecified atom stereocenters. The predicted molar refractivity (Wildman–Crippen MR) is 168 cm³/mol. The van der Waals surface area contributed by atoms with Crippen LogP contribution >= 0.6 is 0 Å². The summed E-state index contributed by atoms with van der Waals surface area (Å²) in [6.45, 7) is 12.4. The van der Waals surface area contributed by atoms with Crippen molar-refractivity contribution in [2.45, 2.75) is 188 Å². The van der Waals surface area contributed by atoms with E-state index in [2.05, 4.69) is 20.8 Å². The molecule has 0 aromatic carbocycles. The molecule has 1 fully saturated rings. The molecule has 1 aliphatic heterocycles. The minimum absolute atomic E-state index is 0.0690. The number of carbonyl (C=O) groups excluding carboxylic acids is 4. The van der Waals surface area contributed by atoms with Gasteiger partial charge in [-0.25, -0.2) is 4.79 Å². The lowest BCUT2D eigenvalue weighted by Gasteiger charge is -2.31. The first kappa shape index (κ1) is 38.1. The van der Waals surface area contributed by atoms with Crippen LogP contribution in [0.3, 0.4) is 0 Å². The van der Waals surface area contributed by atoms with Crippen LogP contribution in [0.5, 0.6) is 0 Å². The summed E-state index contributed by atoms with van der Waals surface area (Å²) in [6.07, 6.45) is 23.1. The molecule has 0 saturated carbocycles. The van der Waals surface area contributed by atoms with Gasteiger partial charge in [0, 0.05) is 25.7 Å². The minimum atomic E-state index is -0.489. The van der Waals surface area contributed by atoms with Crippen LogP contribution < -0.4 is 0 Å². The van der Waals surface area contributed by atoms with Crippen LogP contribution in [0.25, 0.3) is 0 Å². The maximum absolute atomic E-state index is 12.2. The lowest BCUT2D eigenvalue weighted by molar-refractivity contribution is -0.197. The van der Waals surface area contributed by atoms with Crippen LogP contribution in [0.1, 0.15) is 183 Å². The summed E-state index contributed by atoms with van der Waals surface area (Å²) in [6, 6.07) is 0. The largest absolute Gasteiger partial charge is 0.460 e. The molecule has 1 rings (SSSR count). The van der Waals surface area contributed by atoms with Gasteiger partial charge in [-0.1, -0.05) is 117 Å². The zero-order chi connectivity index (χ0) is 31.4. The van der Waals surface area contributed by atoms with E-state index in [-0.39, 0.29) is 36.2 Å². The lowest BCUT2D eigenvalue weighted by atomic mass is 9.75. The van der Waals surface area contributed by atoms with Crippen molar-refractivity contribution in [3.8, 4) is 0 Å². The number of hydroxylamine groups is 2. The molecule has 0 aromatic heterocycles. The maximum Gasteiger partial charge on any atom is 0.333 e. The van der Waals surface area contributed by atoms with E-state index in [1.54, 1.807) is 0 Å². The molecule has 1 aliphatic rings. The van der Waals surface area contributed by atoms with Gasteiger partial charge in [-0.05, 0) is 51.4 Å². The van der Waals surface area contributed by atoms with Crippen molar-refractivity contribution < 1.29 is 28.8 Å². The minimum Gasteiger partial charge on any atom is -0.460 e. The summed E-state index contributed by atoms with van der Waals surface area (Å²) in [5.74, 6) is -1.00. The third-order valence-corrected chi connectivity index (χ3v) is 8.22. The molecule has 0 radical (unpaired) electrons. The quantitative estimate of drug-likeness (QED) is 0.0666. The van der Waals surface area contributed by atoms with Crippen molar-refractivity contribution in [2.24, 2.45) is 11.3 Å². The Kier molecular flexibility index (Phi) is 19.0. The second-order valence-corrected chi connectivity index (χ2v) is 14.4. The number of rotatable bonds is 23. The summed E-state index contributed by atoms with van der Waals surface area (Å²) in [5.41, 5.74) is -0.274. The highest BCUT2D eigenvalue weighted by Gasteiger charge is 2.33. The molecule has 7 heteroatoms. The van der Waals surface area contributed by atoms with Gasteiger partial charge in [-0.2, -0.15) is 0 Å². The molecule has 2 amide bonds. The van der Waals surface area contributed by atoms with E-state index in [0.29, 0.717) is 23.8 Å². The number of carbonyl (C=O) groups is 4. The Morgan fingerprint density at radius 2 is 1.00 bits per heavy atom. The fourth-order valence-electron chi connectivity index (χ4n) is 5.64. The van der Waals surface area contributed by atoms with Gasteiger partial charge < -0.3 is 9.57 Å². The number of hydrogen-bond donors (Lipinski definition) is 0. The van der Waals surface area contributed by atoms with E-state index in [1.807, 2.05) is 20.8 Å². The van der Waals surface area contributed by atoms with Crippen molar-refractivity contribution in [3.05, 3.63) is 0 Å². The molecule has 244 valence electrons. The Bertz CT molecular complexity index is 778. The zero-order valence-electron chi connectivity index (χ0n) is 28.0. The van der Waals surface area contributed by atoms with Crippen molar-refractivity contribution >= 4 is 23.8 Å². The third kappa shape index (κ3) is 19.3. The monoisotopic (exact) mass is 593 g/mol. The molecular weight excluding hydrogens is 530 g/mol. The lowest BCUT2D eigenvalue weighted by Crippen LogP contribution is -2.32. The molecule has 1 heterocycles. The first-order valence-corrected chi connectivity index (χ1v) is 17.1. The second-order valence-electron chi connectivity index (χ2n) is 14.4. The maximum atomic E-state index is 12.2. The van der Waals surface area contributed by atoms with Gasteiger partial charge >= 0.3 is 11.9 Å². The Labute approximate surface area is 257 Å².